The number of rotatable bonds is 6. The minimum atomic E-state index is 0.0770. The zero-order chi connectivity index (χ0) is 13.8. The van der Waals surface area contributed by atoms with E-state index in [1.54, 1.807) is 0 Å². The molecule has 0 atom stereocenters. The van der Waals surface area contributed by atoms with Gasteiger partial charge < -0.3 is 15.2 Å². The molecule has 1 aromatic heterocycles. The number of benzene rings is 1. The SMILES string of the molecule is OCCOCCNc1c2c(nc3ccccc13)CCC2. The highest BCUT2D eigenvalue weighted by Gasteiger charge is 2.18. The van der Waals surface area contributed by atoms with Gasteiger partial charge in [-0.15, -0.1) is 0 Å². The second kappa shape index (κ2) is 6.20. The average Bonchev–Trinajstić information content (AvgIpc) is 2.94. The molecule has 2 aromatic rings. The van der Waals surface area contributed by atoms with Crippen LogP contribution in [0.5, 0.6) is 0 Å². The van der Waals surface area contributed by atoms with Crippen molar-refractivity contribution in [1.82, 2.24) is 4.98 Å². The van der Waals surface area contributed by atoms with Crippen LogP contribution in [-0.2, 0) is 17.6 Å². The smallest absolute Gasteiger partial charge is 0.0726 e. The van der Waals surface area contributed by atoms with Crippen molar-refractivity contribution in [3.63, 3.8) is 0 Å². The molecule has 3 rings (SSSR count). The topological polar surface area (TPSA) is 54.4 Å². The van der Waals surface area contributed by atoms with Crippen molar-refractivity contribution < 1.29 is 9.84 Å². The first-order chi connectivity index (χ1) is 9.90. The second-order valence-electron chi connectivity index (χ2n) is 5.05. The van der Waals surface area contributed by atoms with Crippen molar-refractivity contribution in [2.45, 2.75) is 19.3 Å². The highest BCUT2D eigenvalue weighted by molar-refractivity contribution is 5.93. The van der Waals surface area contributed by atoms with Crippen LogP contribution in [0.2, 0.25) is 0 Å². The van der Waals surface area contributed by atoms with Crippen molar-refractivity contribution in [1.29, 1.82) is 0 Å². The Balaban J connectivity index is 1.84. The van der Waals surface area contributed by atoms with Gasteiger partial charge >= 0.3 is 0 Å². The molecule has 4 heteroatoms. The second-order valence-corrected chi connectivity index (χ2v) is 5.05. The van der Waals surface area contributed by atoms with Crippen LogP contribution in [0.15, 0.2) is 24.3 Å². The van der Waals surface area contributed by atoms with Crippen molar-refractivity contribution in [2.75, 3.05) is 31.7 Å². The normalized spacial score (nSPS) is 13.7. The summed E-state index contributed by atoms with van der Waals surface area (Å²) in [7, 11) is 0. The molecular weight excluding hydrogens is 252 g/mol. The number of nitrogens with zero attached hydrogens (tertiary/aromatic N) is 1. The number of fused-ring (bicyclic) bond motifs is 2. The lowest BCUT2D eigenvalue weighted by Crippen LogP contribution is -2.13. The van der Waals surface area contributed by atoms with Crippen LogP contribution in [0.3, 0.4) is 0 Å². The van der Waals surface area contributed by atoms with Crippen molar-refractivity contribution in [2.24, 2.45) is 0 Å². The summed E-state index contributed by atoms with van der Waals surface area (Å²) in [5.41, 5.74) is 4.89. The number of hydrogen-bond donors (Lipinski definition) is 2. The number of aliphatic hydroxyl groups excluding tert-OH is 1. The number of aromatic nitrogens is 1. The molecule has 0 amide bonds. The Morgan fingerprint density at radius 3 is 3.00 bits per heavy atom. The largest absolute Gasteiger partial charge is 0.394 e. The first-order valence-electron chi connectivity index (χ1n) is 7.23. The molecule has 0 saturated heterocycles. The lowest BCUT2D eigenvalue weighted by atomic mass is 10.1. The molecule has 1 aliphatic carbocycles. The zero-order valence-corrected chi connectivity index (χ0v) is 11.6. The summed E-state index contributed by atoms with van der Waals surface area (Å²) in [5.74, 6) is 0. The standard InChI is InChI=1S/C16H20N2O2/c19-9-11-20-10-8-17-16-12-4-1-2-6-14(12)18-15-7-3-5-13(15)16/h1-2,4,6,19H,3,5,7-11H2,(H,17,18). The van der Waals surface area contributed by atoms with E-state index >= 15 is 0 Å². The molecule has 1 aliphatic rings. The number of ether oxygens (including phenoxy) is 1. The Kier molecular flexibility index (Phi) is 4.14. The Labute approximate surface area is 118 Å². The minimum Gasteiger partial charge on any atom is -0.394 e. The van der Waals surface area contributed by atoms with Crippen LogP contribution in [0, 0.1) is 0 Å². The number of anilines is 1. The summed E-state index contributed by atoms with van der Waals surface area (Å²) in [6.07, 6.45) is 3.37. The van der Waals surface area contributed by atoms with Gasteiger partial charge in [0.2, 0.25) is 0 Å². The van der Waals surface area contributed by atoms with Crippen LogP contribution in [0.1, 0.15) is 17.7 Å². The molecule has 1 heterocycles. The fraction of sp³-hybridized carbons (Fsp3) is 0.438. The van der Waals surface area contributed by atoms with E-state index in [4.69, 9.17) is 14.8 Å². The Bertz CT molecular complexity index is 598. The monoisotopic (exact) mass is 272 g/mol. The summed E-state index contributed by atoms with van der Waals surface area (Å²) < 4.78 is 5.31. The Morgan fingerprint density at radius 2 is 2.10 bits per heavy atom. The van der Waals surface area contributed by atoms with E-state index in [1.807, 2.05) is 6.07 Å². The van der Waals surface area contributed by atoms with Gasteiger partial charge in [0.25, 0.3) is 0 Å². The summed E-state index contributed by atoms with van der Waals surface area (Å²) >= 11 is 0. The molecule has 0 saturated carbocycles. The summed E-state index contributed by atoms with van der Waals surface area (Å²) in [4.78, 5) is 4.77. The molecule has 0 aliphatic heterocycles. The van der Waals surface area contributed by atoms with Gasteiger partial charge in [-0.2, -0.15) is 0 Å². The van der Waals surface area contributed by atoms with Gasteiger partial charge in [-0.05, 0) is 30.9 Å². The van der Waals surface area contributed by atoms with E-state index in [0.29, 0.717) is 13.2 Å². The number of aryl methyl sites for hydroxylation is 1. The van der Waals surface area contributed by atoms with Crippen molar-refractivity contribution >= 4 is 16.6 Å². The van der Waals surface area contributed by atoms with E-state index < -0.39 is 0 Å². The van der Waals surface area contributed by atoms with Crippen LogP contribution < -0.4 is 5.32 Å². The third kappa shape index (κ3) is 2.62. The van der Waals surface area contributed by atoms with Gasteiger partial charge in [-0.1, -0.05) is 18.2 Å². The van der Waals surface area contributed by atoms with E-state index in [-0.39, 0.29) is 6.61 Å². The summed E-state index contributed by atoms with van der Waals surface area (Å²) in [6, 6.07) is 8.28. The molecule has 0 bridgehead atoms. The third-order valence-corrected chi connectivity index (χ3v) is 3.70. The molecule has 1 aromatic carbocycles. The number of pyridine rings is 1. The predicted molar refractivity (Wildman–Crippen MR) is 80.2 cm³/mol. The number of aliphatic hydroxyl groups is 1. The average molecular weight is 272 g/mol. The quantitative estimate of drug-likeness (QED) is 0.791. The van der Waals surface area contributed by atoms with Crippen LogP contribution in [-0.4, -0.2) is 36.5 Å². The van der Waals surface area contributed by atoms with Crippen LogP contribution in [0.4, 0.5) is 5.69 Å². The maximum atomic E-state index is 8.70. The Morgan fingerprint density at radius 1 is 1.20 bits per heavy atom. The lowest BCUT2D eigenvalue weighted by Gasteiger charge is -2.14. The molecule has 0 radical (unpaired) electrons. The lowest BCUT2D eigenvalue weighted by molar-refractivity contribution is 0.0992. The van der Waals surface area contributed by atoms with Gasteiger partial charge in [0.1, 0.15) is 0 Å². The van der Waals surface area contributed by atoms with E-state index in [0.717, 1.165) is 24.9 Å². The summed E-state index contributed by atoms with van der Waals surface area (Å²) in [5, 5.41) is 13.4. The molecule has 106 valence electrons. The van der Waals surface area contributed by atoms with E-state index in [2.05, 4.69) is 23.5 Å². The fourth-order valence-corrected chi connectivity index (χ4v) is 2.83. The van der Waals surface area contributed by atoms with E-state index in [9.17, 15) is 0 Å². The first kappa shape index (κ1) is 13.3. The van der Waals surface area contributed by atoms with Gasteiger partial charge in [-0.25, -0.2) is 0 Å². The molecule has 4 nitrogen and oxygen atoms in total. The molecule has 0 unspecified atom stereocenters. The van der Waals surface area contributed by atoms with Crippen molar-refractivity contribution in [3.8, 4) is 0 Å². The van der Waals surface area contributed by atoms with E-state index in [1.165, 1.54) is 28.8 Å². The van der Waals surface area contributed by atoms with Gasteiger partial charge in [0.05, 0.1) is 25.3 Å². The first-order valence-corrected chi connectivity index (χ1v) is 7.23. The maximum absolute atomic E-state index is 8.70. The van der Waals surface area contributed by atoms with Gasteiger partial charge in [0, 0.05) is 23.3 Å². The number of para-hydroxylation sites is 1. The minimum absolute atomic E-state index is 0.0770. The number of hydrogen-bond acceptors (Lipinski definition) is 4. The molecular formula is C16H20N2O2. The molecule has 20 heavy (non-hydrogen) atoms. The van der Waals surface area contributed by atoms with Crippen LogP contribution >= 0.6 is 0 Å². The maximum Gasteiger partial charge on any atom is 0.0726 e. The van der Waals surface area contributed by atoms with Gasteiger partial charge in [-0.3, -0.25) is 4.98 Å². The zero-order valence-electron chi connectivity index (χ0n) is 11.6. The Hall–Kier alpha value is -1.65. The predicted octanol–water partition coefficient (Wildman–Crippen LogP) is 2.14. The molecule has 2 N–H and O–H groups in total. The van der Waals surface area contributed by atoms with Crippen molar-refractivity contribution in [3.05, 3.63) is 35.5 Å². The highest BCUT2D eigenvalue weighted by atomic mass is 16.5. The number of nitrogens with one attached hydrogen (secondary N) is 1. The highest BCUT2D eigenvalue weighted by Crippen LogP contribution is 2.33. The molecule has 0 fully saturated rings. The molecule has 0 spiro atoms. The third-order valence-electron chi connectivity index (χ3n) is 3.70. The summed E-state index contributed by atoms with van der Waals surface area (Å²) in [6.45, 7) is 1.83. The van der Waals surface area contributed by atoms with Gasteiger partial charge in [0.15, 0.2) is 0 Å². The van der Waals surface area contributed by atoms with Crippen LogP contribution in [0.25, 0.3) is 10.9 Å². The fourth-order valence-electron chi connectivity index (χ4n) is 2.83.